The van der Waals surface area contributed by atoms with Gasteiger partial charge in [0.05, 0.1) is 5.04 Å². The first-order valence-corrected chi connectivity index (χ1v) is 5.79. The van der Waals surface area contributed by atoms with Gasteiger partial charge in [0, 0.05) is 17.1 Å². The minimum Gasteiger partial charge on any atom is -0.277 e. The highest BCUT2D eigenvalue weighted by Gasteiger charge is 2.12. The number of aliphatic imine (C=N–C) groups is 1. The number of halogens is 1. The van der Waals surface area contributed by atoms with Crippen molar-refractivity contribution in [3.63, 3.8) is 0 Å². The molecule has 0 amide bonds. The van der Waals surface area contributed by atoms with E-state index in [9.17, 15) is 0 Å². The molecule has 0 spiro atoms. The van der Waals surface area contributed by atoms with Crippen LogP contribution in [0.4, 0.5) is 0 Å². The molecule has 1 aromatic rings. The molecule has 13 heavy (non-hydrogen) atoms. The van der Waals surface area contributed by atoms with Crippen LogP contribution in [0.5, 0.6) is 0 Å². The summed E-state index contributed by atoms with van der Waals surface area (Å²) in [5, 5.41) is 1.96. The van der Waals surface area contributed by atoms with Crippen molar-refractivity contribution in [3.8, 4) is 0 Å². The topological polar surface area (TPSA) is 12.4 Å². The van der Waals surface area contributed by atoms with E-state index in [0.717, 1.165) is 23.0 Å². The lowest BCUT2D eigenvalue weighted by molar-refractivity contribution is 0.950. The zero-order valence-electron chi connectivity index (χ0n) is 7.38. The van der Waals surface area contributed by atoms with Gasteiger partial charge in [0.1, 0.15) is 0 Å². The van der Waals surface area contributed by atoms with Crippen molar-refractivity contribution >= 4 is 28.4 Å². The lowest BCUT2D eigenvalue weighted by atomic mass is 10.0. The third-order valence-corrected chi connectivity index (χ3v) is 3.10. The van der Waals surface area contributed by atoms with Crippen molar-refractivity contribution in [2.24, 2.45) is 4.99 Å². The van der Waals surface area contributed by atoms with Gasteiger partial charge in [0.25, 0.3) is 0 Å². The average molecular weight is 212 g/mol. The Kier molecular flexibility index (Phi) is 2.61. The molecule has 0 radical (unpaired) electrons. The molecule has 2 rings (SSSR count). The van der Waals surface area contributed by atoms with E-state index in [2.05, 4.69) is 17.3 Å². The van der Waals surface area contributed by atoms with Crippen molar-refractivity contribution in [1.82, 2.24) is 0 Å². The Balaban J connectivity index is 2.49. The van der Waals surface area contributed by atoms with Crippen LogP contribution in [0.1, 0.15) is 11.1 Å². The smallest absolute Gasteiger partial charge is 0.0977 e. The van der Waals surface area contributed by atoms with Crippen molar-refractivity contribution < 1.29 is 0 Å². The van der Waals surface area contributed by atoms with Gasteiger partial charge in [-0.2, -0.15) is 0 Å². The van der Waals surface area contributed by atoms with Crippen LogP contribution in [-0.2, 0) is 6.42 Å². The molecule has 1 heterocycles. The van der Waals surface area contributed by atoms with Crippen molar-refractivity contribution in [3.05, 3.63) is 34.3 Å². The zero-order chi connectivity index (χ0) is 9.26. The molecule has 0 aliphatic carbocycles. The second-order valence-electron chi connectivity index (χ2n) is 2.94. The van der Waals surface area contributed by atoms with Gasteiger partial charge in [-0.25, -0.2) is 0 Å². The Hall–Kier alpha value is -0.470. The summed E-state index contributed by atoms with van der Waals surface area (Å²) >= 11 is 7.62. The molecule has 0 N–H and O–H groups in total. The molecule has 0 saturated heterocycles. The minimum absolute atomic E-state index is 0.820. The van der Waals surface area contributed by atoms with Gasteiger partial charge >= 0.3 is 0 Å². The third-order valence-electron chi connectivity index (χ3n) is 2.13. The number of thioether (sulfide) groups is 1. The summed E-state index contributed by atoms with van der Waals surface area (Å²) in [7, 11) is 0. The van der Waals surface area contributed by atoms with E-state index >= 15 is 0 Å². The monoisotopic (exact) mass is 211 g/mol. The number of nitrogens with zero attached hydrogens (tertiary/aromatic N) is 1. The van der Waals surface area contributed by atoms with Gasteiger partial charge in [0.15, 0.2) is 0 Å². The second-order valence-corrected chi connectivity index (χ2v) is 4.17. The lowest BCUT2D eigenvalue weighted by Crippen LogP contribution is -2.09. The molecule has 0 fully saturated rings. The summed E-state index contributed by atoms with van der Waals surface area (Å²) in [6.07, 6.45) is 3.07. The Morgan fingerprint density at radius 3 is 3.08 bits per heavy atom. The standard InChI is InChI=1S/C10H10ClNS/c1-13-10-9-3-2-8(11)6-7(9)4-5-12-10/h2-3,6H,4-5H2,1H3. The van der Waals surface area contributed by atoms with Gasteiger partial charge in [-0.15, -0.1) is 11.8 Å². The number of rotatable bonds is 0. The Bertz CT molecular complexity index is 360. The second kappa shape index (κ2) is 3.72. The largest absolute Gasteiger partial charge is 0.277 e. The summed E-state index contributed by atoms with van der Waals surface area (Å²) in [6.45, 7) is 0.892. The summed E-state index contributed by atoms with van der Waals surface area (Å²) in [5.41, 5.74) is 2.58. The molecule has 3 heteroatoms. The van der Waals surface area contributed by atoms with Gasteiger partial charge in [-0.05, 0) is 30.4 Å². The number of benzene rings is 1. The zero-order valence-corrected chi connectivity index (χ0v) is 8.95. The molecule has 1 aliphatic heterocycles. The highest BCUT2D eigenvalue weighted by molar-refractivity contribution is 8.13. The maximum absolute atomic E-state index is 5.92. The molecule has 1 aliphatic rings. The first kappa shape index (κ1) is 9.10. The molecule has 1 nitrogen and oxygen atoms in total. The predicted octanol–water partition coefficient (Wildman–Crippen LogP) is 3.01. The summed E-state index contributed by atoms with van der Waals surface area (Å²) in [6, 6.07) is 6.03. The third kappa shape index (κ3) is 1.74. The van der Waals surface area contributed by atoms with Gasteiger partial charge < -0.3 is 0 Å². The highest BCUT2D eigenvalue weighted by Crippen LogP contribution is 2.24. The van der Waals surface area contributed by atoms with Gasteiger partial charge in [0.2, 0.25) is 0 Å². The first-order valence-electron chi connectivity index (χ1n) is 4.18. The normalized spacial score (nSPS) is 15.1. The van der Waals surface area contributed by atoms with Crippen LogP contribution in [0.3, 0.4) is 0 Å². The molecular formula is C10H10ClNS. The number of hydrogen-bond acceptors (Lipinski definition) is 2. The van der Waals surface area contributed by atoms with E-state index < -0.39 is 0 Å². The van der Waals surface area contributed by atoms with Crippen molar-refractivity contribution in [2.75, 3.05) is 12.8 Å². The van der Waals surface area contributed by atoms with E-state index in [-0.39, 0.29) is 0 Å². The van der Waals surface area contributed by atoms with Crippen LogP contribution < -0.4 is 0 Å². The molecule has 1 aromatic carbocycles. The molecule has 0 bridgehead atoms. The van der Waals surface area contributed by atoms with E-state index in [1.165, 1.54) is 11.1 Å². The molecule has 0 atom stereocenters. The fraction of sp³-hybridized carbons (Fsp3) is 0.300. The van der Waals surface area contributed by atoms with E-state index in [0.29, 0.717) is 0 Å². The summed E-state index contributed by atoms with van der Waals surface area (Å²) < 4.78 is 0. The van der Waals surface area contributed by atoms with Crippen molar-refractivity contribution in [2.45, 2.75) is 6.42 Å². The fourth-order valence-electron chi connectivity index (χ4n) is 1.52. The maximum Gasteiger partial charge on any atom is 0.0977 e. The van der Waals surface area contributed by atoms with Crippen LogP contribution in [0.25, 0.3) is 0 Å². The van der Waals surface area contributed by atoms with Crippen molar-refractivity contribution in [1.29, 1.82) is 0 Å². The average Bonchev–Trinajstić information content (AvgIpc) is 2.16. The Morgan fingerprint density at radius 2 is 2.31 bits per heavy atom. The lowest BCUT2D eigenvalue weighted by Gasteiger charge is -2.15. The molecule has 0 saturated carbocycles. The van der Waals surface area contributed by atoms with Crippen LogP contribution in [0.2, 0.25) is 5.02 Å². The number of fused-ring (bicyclic) bond motifs is 1. The molecular weight excluding hydrogens is 202 g/mol. The highest BCUT2D eigenvalue weighted by atomic mass is 35.5. The molecule has 0 unspecified atom stereocenters. The molecule has 68 valence electrons. The van der Waals surface area contributed by atoms with Crippen LogP contribution >= 0.6 is 23.4 Å². The minimum atomic E-state index is 0.820. The van der Waals surface area contributed by atoms with Crippen LogP contribution in [-0.4, -0.2) is 17.8 Å². The summed E-state index contributed by atoms with van der Waals surface area (Å²) in [5.74, 6) is 0. The van der Waals surface area contributed by atoms with Gasteiger partial charge in [-0.1, -0.05) is 17.7 Å². The Labute approximate surface area is 87.2 Å². The summed E-state index contributed by atoms with van der Waals surface area (Å²) in [4.78, 5) is 4.46. The quantitative estimate of drug-likeness (QED) is 0.643. The number of hydrogen-bond donors (Lipinski definition) is 0. The maximum atomic E-state index is 5.92. The Morgan fingerprint density at radius 1 is 1.46 bits per heavy atom. The SMILES string of the molecule is CSC1=NCCc2cc(Cl)ccc21. The van der Waals surface area contributed by atoms with Crippen LogP contribution in [0, 0.1) is 0 Å². The van der Waals surface area contributed by atoms with Gasteiger partial charge in [-0.3, -0.25) is 4.99 Å². The van der Waals surface area contributed by atoms with E-state index in [4.69, 9.17) is 11.6 Å². The fourth-order valence-corrected chi connectivity index (χ4v) is 2.35. The first-order chi connectivity index (χ1) is 6.31. The van der Waals surface area contributed by atoms with E-state index in [1.807, 2.05) is 12.1 Å². The molecule has 0 aromatic heterocycles. The van der Waals surface area contributed by atoms with Crippen LogP contribution in [0.15, 0.2) is 23.2 Å². The predicted molar refractivity (Wildman–Crippen MR) is 60.1 cm³/mol. The van der Waals surface area contributed by atoms with E-state index in [1.54, 1.807) is 11.8 Å².